The fraction of sp³-hybridized carbons (Fsp3) is 0.176. The molecule has 1 atom stereocenters. The van der Waals surface area contributed by atoms with Crippen molar-refractivity contribution in [2.75, 3.05) is 4.90 Å². The summed E-state index contributed by atoms with van der Waals surface area (Å²) in [6.45, 7) is 2.53. The molecule has 19 heavy (non-hydrogen) atoms. The molecule has 0 radical (unpaired) electrons. The van der Waals surface area contributed by atoms with Crippen LogP contribution in [0.2, 0.25) is 0 Å². The number of para-hydroxylation sites is 1. The Morgan fingerprint density at radius 2 is 1.58 bits per heavy atom. The second kappa shape index (κ2) is 4.90. The van der Waals surface area contributed by atoms with Crippen LogP contribution in [0.3, 0.4) is 0 Å². The van der Waals surface area contributed by atoms with Crippen LogP contribution in [0.1, 0.15) is 23.6 Å². The number of hydrogen-bond donors (Lipinski definition) is 1. The van der Waals surface area contributed by atoms with Gasteiger partial charge >= 0.3 is 0 Å². The molecule has 2 aromatic carbocycles. The highest BCUT2D eigenvalue weighted by molar-refractivity contribution is 5.79. The molecule has 0 amide bonds. The normalized spacial score (nSPS) is 16.8. The molecular formula is C17H17NO. The van der Waals surface area contributed by atoms with Gasteiger partial charge in [0.1, 0.15) is 6.23 Å². The van der Waals surface area contributed by atoms with Crippen LogP contribution in [0.25, 0.3) is 12.2 Å². The maximum Gasteiger partial charge on any atom is 0.124 e. The van der Waals surface area contributed by atoms with Gasteiger partial charge in [0, 0.05) is 12.2 Å². The molecule has 1 aliphatic heterocycles. The van der Waals surface area contributed by atoms with Crippen LogP contribution in [-0.2, 0) is 6.54 Å². The molecular weight excluding hydrogens is 234 g/mol. The van der Waals surface area contributed by atoms with Crippen LogP contribution < -0.4 is 4.90 Å². The van der Waals surface area contributed by atoms with Gasteiger partial charge in [-0.15, -0.1) is 0 Å². The number of rotatable bonds is 1. The lowest BCUT2D eigenvalue weighted by Gasteiger charge is -2.31. The van der Waals surface area contributed by atoms with Gasteiger partial charge in [0.05, 0.1) is 0 Å². The van der Waals surface area contributed by atoms with E-state index in [1.165, 1.54) is 11.1 Å². The first-order valence-electron chi connectivity index (χ1n) is 6.55. The molecule has 1 unspecified atom stereocenters. The molecule has 0 aromatic heterocycles. The first-order valence-corrected chi connectivity index (χ1v) is 6.55. The molecule has 0 saturated carbocycles. The van der Waals surface area contributed by atoms with E-state index >= 15 is 0 Å². The second-order valence-corrected chi connectivity index (χ2v) is 4.85. The Kier molecular flexibility index (Phi) is 3.10. The predicted molar refractivity (Wildman–Crippen MR) is 79.7 cm³/mol. The molecule has 0 bridgehead atoms. The van der Waals surface area contributed by atoms with Crippen molar-refractivity contribution in [3.05, 3.63) is 65.2 Å². The van der Waals surface area contributed by atoms with E-state index in [0.29, 0.717) is 0 Å². The average Bonchev–Trinajstić information content (AvgIpc) is 2.41. The van der Waals surface area contributed by atoms with Crippen molar-refractivity contribution in [3.8, 4) is 0 Å². The standard InChI is InChI=1S/C17H17NO/c1-13(19)18-12-16-8-3-2-6-14(16)10-11-15-7-4-5-9-17(15)18/h2-11,13,19H,12H2,1H3/b11-10-. The van der Waals surface area contributed by atoms with Crippen LogP contribution in [0.5, 0.6) is 0 Å². The van der Waals surface area contributed by atoms with E-state index in [-0.39, 0.29) is 0 Å². The van der Waals surface area contributed by atoms with Crippen LogP contribution in [0, 0.1) is 0 Å². The highest BCUT2D eigenvalue weighted by Crippen LogP contribution is 2.29. The zero-order chi connectivity index (χ0) is 13.2. The van der Waals surface area contributed by atoms with Crippen molar-refractivity contribution < 1.29 is 5.11 Å². The summed E-state index contributed by atoms with van der Waals surface area (Å²) in [4.78, 5) is 2.03. The Labute approximate surface area is 113 Å². The van der Waals surface area contributed by atoms with E-state index in [1.54, 1.807) is 0 Å². The number of anilines is 1. The zero-order valence-corrected chi connectivity index (χ0v) is 11.0. The highest BCUT2D eigenvalue weighted by atomic mass is 16.3. The van der Waals surface area contributed by atoms with Gasteiger partial charge in [-0.3, -0.25) is 0 Å². The summed E-state index contributed by atoms with van der Waals surface area (Å²) in [5.74, 6) is 0. The van der Waals surface area contributed by atoms with Gasteiger partial charge in [0.2, 0.25) is 0 Å². The molecule has 1 N–H and O–H groups in total. The minimum atomic E-state index is -0.513. The largest absolute Gasteiger partial charge is 0.374 e. The minimum Gasteiger partial charge on any atom is -0.374 e. The van der Waals surface area contributed by atoms with Crippen LogP contribution in [-0.4, -0.2) is 11.3 Å². The first-order chi connectivity index (χ1) is 9.25. The number of hydrogen-bond acceptors (Lipinski definition) is 2. The summed E-state index contributed by atoms with van der Waals surface area (Å²) in [5.41, 5.74) is 4.65. The third kappa shape index (κ3) is 2.27. The summed E-state index contributed by atoms with van der Waals surface area (Å²) in [5, 5.41) is 10.1. The molecule has 3 rings (SSSR count). The molecule has 0 fully saturated rings. The van der Waals surface area contributed by atoms with E-state index in [4.69, 9.17) is 0 Å². The van der Waals surface area contributed by atoms with Crippen LogP contribution in [0.4, 0.5) is 5.69 Å². The third-order valence-electron chi connectivity index (χ3n) is 3.54. The Morgan fingerprint density at radius 1 is 0.947 bits per heavy atom. The quantitative estimate of drug-likeness (QED) is 0.838. The van der Waals surface area contributed by atoms with Gasteiger partial charge in [0.15, 0.2) is 0 Å². The van der Waals surface area contributed by atoms with Gasteiger partial charge in [-0.2, -0.15) is 0 Å². The van der Waals surface area contributed by atoms with Crippen molar-refractivity contribution in [1.29, 1.82) is 0 Å². The fourth-order valence-corrected chi connectivity index (χ4v) is 2.51. The van der Waals surface area contributed by atoms with Crippen molar-refractivity contribution in [1.82, 2.24) is 0 Å². The number of fused-ring (bicyclic) bond motifs is 2. The van der Waals surface area contributed by atoms with Crippen molar-refractivity contribution in [2.45, 2.75) is 19.7 Å². The lowest BCUT2D eigenvalue weighted by molar-refractivity contribution is 0.186. The van der Waals surface area contributed by atoms with Crippen molar-refractivity contribution in [3.63, 3.8) is 0 Å². The van der Waals surface area contributed by atoms with E-state index in [2.05, 4.69) is 36.4 Å². The Balaban J connectivity index is 2.17. The Morgan fingerprint density at radius 3 is 2.37 bits per heavy atom. The predicted octanol–water partition coefficient (Wildman–Crippen LogP) is 3.52. The van der Waals surface area contributed by atoms with E-state index in [9.17, 15) is 5.11 Å². The molecule has 0 aliphatic carbocycles. The number of aliphatic hydroxyl groups excluding tert-OH is 1. The van der Waals surface area contributed by atoms with Gasteiger partial charge in [-0.05, 0) is 29.7 Å². The average molecular weight is 251 g/mol. The summed E-state index contributed by atoms with van der Waals surface area (Å²) >= 11 is 0. The molecule has 96 valence electrons. The lowest BCUT2D eigenvalue weighted by atomic mass is 10.0. The Bertz CT molecular complexity index is 616. The molecule has 2 aromatic rings. The summed E-state index contributed by atoms with van der Waals surface area (Å²) in [6.07, 6.45) is 3.75. The number of benzene rings is 2. The molecule has 1 heterocycles. The molecule has 0 spiro atoms. The fourth-order valence-electron chi connectivity index (χ4n) is 2.51. The van der Waals surface area contributed by atoms with E-state index in [1.807, 2.05) is 36.1 Å². The Hall–Kier alpha value is -2.06. The van der Waals surface area contributed by atoms with Gasteiger partial charge in [0.25, 0.3) is 0 Å². The highest BCUT2D eigenvalue weighted by Gasteiger charge is 2.17. The van der Waals surface area contributed by atoms with E-state index in [0.717, 1.165) is 17.8 Å². The lowest BCUT2D eigenvalue weighted by Crippen LogP contribution is -2.33. The minimum absolute atomic E-state index is 0.513. The molecule has 1 aliphatic rings. The first kappa shape index (κ1) is 12.0. The van der Waals surface area contributed by atoms with E-state index < -0.39 is 6.23 Å². The summed E-state index contributed by atoms with van der Waals surface area (Å²) in [6, 6.07) is 16.5. The number of aliphatic hydroxyl groups is 1. The molecule has 0 saturated heterocycles. The second-order valence-electron chi connectivity index (χ2n) is 4.85. The van der Waals surface area contributed by atoms with Crippen molar-refractivity contribution in [2.24, 2.45) is 0 Å². The van der Waals surface area contributed by atoms with Crippen molar-refractivity contribution >= 4 is 17.8 Å². The summed E-state index contributed by atoms with van der Waals surface area (Å²) in [7, 11) is 0. The topological polar surface area (TPSA) is 23.5 Å². The van der Waals surface area contributed by atoms with Crippen LogP contribution >= 0.6 is 0 Å². The molecule has 2 heteroatoms. The third-order valence-corrected chi connectivity index (χ3v) is 3.54. The van der Waals surface area contributed by atoms with Gasteiger partial charge in [-0.25, -0.2) is 0 Å². The summed E-state index contributed by atoms with van der Waals surface area (Å²) < 4.78 is 0. The smallest absolute Gasteiger partial charge is 0.124 e. The molecule has 2 nitrogen and oxygen atoms in total. The van der Waals surface area contributed by atoms with Gasteiger partial charge in [-0.1, -0.05) is 54.6 Å². The maximum absolute atomic E-state index is 10.1. The number of nitrogens with zero attached hydrogens (tertiary/aromatic N) is 1. The van der Waals surface area contributed by atoms with Crippen LogP contribution in [0.15, 0.2) is 48.5 Å². The SMILES string of the molecule is CC(O)N1Cc2ccccc2/C=C\c2ccccc21. The zero-order valence-electron chi connectivity index (χ0n) is 11.0. The monoisotopic (exact) mass is 251 g/mol. The maximum atomic E-state index is 10.1. The van der Waals surface area contributed by atoms with Gasteiger partial charge < -0.3 is 10.0 Å².